The molecule has 0 spiro atoms. The van der Waals surface area contributed by atoms with Gasteiger partial charge < -0.3 is 10.4 Å². The van der Waals surface area contributed by atoms with Crippen molar-refractivity contribution in [2.75, 3.05) is 5.32 Å². The number of anilines is 1. The minimum Gasteiger partial charge on any atom is -0.508 e. The van der Waals surface area contributed by atoms with Gasteiger partial charge in [-0.25, -0.2) is 0 Å². The topological polar surface area (TPSA) is 49.3 Å². The molecule has 1 aliphatic carbocycles. The van der Waals surface area contributed by atoms with Crippen LogP contribution in [-0.4, -0.2) is 11.0 Å². The van der Waals surface area contributed by atoms with E-state index in [0.29, 0.717) is 0 Å². The average molecular weight is 275 g/mol. The fourth-order valence-electron chi connectivity index (χ4n) is 3.00. The van der Waals surface area contributed by atoms with Crippen LogP contribution >= 0.6 is 0 Å². The van der Waals surface area contributed by atoms with Gasteiger partial charge in [0.25, 0.3) is 0 Å². The molecule has 20 heavy (non-hydrogen) atoms. The number of hydrogen-bond donors (Lipinski definition) is 2. The number of hydrogen-bond acceptors (Lipinski definition) is 2. The Morgan fingerprint density at radius 1 is 1.20 bits per heavy atom. The number of nitrogens with one attached hydrogen (secondary N) is 1. The molecular formula is C17H25NO2. The molecular weight excluding hydrogens is 250 g/mol. The predicted octanol–water partition coefficient (Wildman–Crippen LogP) is 4.33. The summed E-state index contributed by atoms with van der Waals surface area (Å²) in [6, 6.07) is 6.66. The second-order valence-corrected chi connectivity index (χ2v) is 5.90. The Morgan fingerprint density at radius 2 is 1.85 bits per heavy atom. The zero-order valence-corrected chi connectivity index (χ0v) is 12.3. The van der Waals surface area contributed by atoms with Crippen LogP contribution in [0.25, 0.3) is 0 Å². The summed E-state index contributed by atoms with van der Waals surface area (Å²) in [4.78, 5) is 12.2. The van der Waals surface area contributed by atoms with Gasteiger partial charge in [0.2, 0.25) is 5.91 Å². The lowest BCUT2D eigenvalue weighted by Gasteiger charge is -2.27. The Labute approximate surface area is 121 Å². The average Bonchev–Trinajstić information content (AvgIpc) is 2.48. The molecule has 1 aromatic rings. The fourth-order valence-corrected chi connectivity index (χ4v) is 3.00. The van der Waals surface area contributed by atoms with Crippen molar-refractivity contribution in [3.05, 3.63) is 24.3 Å². The largest absolute Gasteiger partial charge is 0.508 e. The summed E-state index contributed by atoms with van der Waals surface area (Å²) in [6.45, 7) is 2.23. The molecule has 2 rings (SSSR count). The van der Waals surface area contributed by atoms with Gasteiger partial charge in [-0.15, -0.1) is 0 Å². The second kappa shape index (κ2) is 7.32. The molecule has 2 N–H and O–H groups in total. The Kier molecular flexibility index (Phi) is 5.45. The molecule has 1 amide bonds. The van der Waals surface area contributed by atoms with Crippen LogP contribution in [0.15, 0.2) is 24.3 Å². The van der Waals surface area contributed by atoms with Crippen LogP contribution < -0.4 is 5.32 Å². The molecule has 110 valence electrons. The zero-order chi connectivity index (χ0) is 14.4. The molecule has 1 fully saturated rings. The summed E-state index contributed by atoms with van der Waals surface area (Å²) in [5, 5.41) is 12.2. The van der Waals surface area contributed by atoms with Crippen LogP contribution in [0.1, 0.15) is 51.9 Å². The third-order valence-electron chi connectivity index (χ3n) is 4.32. The first-order valence-corrected chi connectivity index (χ1v) is 7.79. The summed E-state index contributed by atoms with van der Waals surface area (Å²) in [5.41, 5.74) is 0.765. The van der Waals surface area contributed by atoms with Crippen molar-refractivity contribution in [3.63, 3.8) is 0 Å². The van der Waals surface area contributed by atoms with Crippen molar-refractivity contribution < 1.29 is 9.90 Å². The lowest BCUT2D eigenvalue weighted by atomic mass is 9.79. The van der Waals surface area contributed by atoms with E-state index in [4.69, 9.17) is 0 Å². The van der Waals surface area contributed by atoms with Gasteiger partial charge in [-0.3, -0.25) is 4.79 Å². The number of carbonyl (C=O) groups is 1. The van der Waals surface area contributed by atoms with Gasteiger partial charge in [-0.1, -0.05) is 26.2 Å². The predicted molar refractivity (Wildman–Crippen MR) is 81.7 cm³/mol. The van der Waals surface area contributed by atoms with Gasteiger partial charge in [0.05, 0.1) is 0 Å². The Bertz CT molecular complexity index is 419. The lowest BCUT2D eigenvalue weighted by molar-refractivity contribution is -0.121. The van der Waals surface area contributed by atoms with Gasteiger partial charge in [-0.2, -0.15) is 0 Å². The van der Waals surface area contributed by atoms with Crippen molar-refractivity contribution in [3.8, 4) is 5.75 Å². The molecule has 1 saturated carbocycles. The highest BCUT2D eigenvalue weighted by Crippen LogP contribution is 2.32. The molecule has 0 saturated heterocycles. The van der Waals surface area contributed by atoms with Crippen molar-refractivity contribution in [2.45, 2.75) is 51.9 Å². The minimum atomic E-state index is 0.129. The first-order chi connectivity index (χ1) is 9.69. The monoisotopic (exact) mass is 275 g/mol. The number of amides is 1. The number of carbonyl (C=O) groups excluding carboxylic acids is 1. The normalized spacial score (nSPS) is 22.4. The van der Waals surface area contributed by atoms with Crippen LogP contribution in [-0.2, 0) is 4.79 Å². The molecule has 0 unspecified atom stereocenters. The van der Waals surface area contributed by atoms with E-state index in [1.807, 2.05) is 0 Å². The number of aromatic hydroxyl groups is 1. The zero-order valence-electron chi connectivity index (χ0n) is 12.3. The second-order valence-electron chi connectivity index (χ2n) is 5.90. The minimum absolute atomic E-state index is 0.129. The van der Waals surface area contributed by atoms with Crippen LogP contribution in [0.2, 0.25) is 0 Å². The summed E-state index contributed by atoms with van der Waals surface area (Å²) >= 11 is 0. The first-order valence-electron chi connectivity index (χ1n) is 7.79. The van der Waals surface area contributed by atoms with E-state index in [1.165, 1.54) is 32.1 Å². The molecule has 0 heterocycles. The number of phenols is 1. The Hall–Kier alpha value is -1.51. The van der Waals surface area contributed by atoms with E-state index in [9.17, 15) is 9.90 Å². The summed E-state index contributed by atoms with van der Waals surface area (Å²) in [6.07, 6.45) is 8.30. The molecule has 3 nitrogen and oxygen atoms in total. The third kappa shape index (κ3) is 4.26. The molecule has 1 aliphatic rings. The maximum Gasteiger partial charge on any atom is 0.227 e. The first kappa shape index (κ1) is 14.9. The summed E-state index contributed by atoms with van der Waals surface area (Å²) in [7, 11) is 0. The van der Waals surface area contributed by atoms with Crippen molar-refractivity contribution in [2.24, 2.45) is 11.8 Å². The highest BCUT2D eigenvalue weighted by Gasteiger charge is 2.25. The number of rotatable bonds is 5. The molecule has 3 heteroatoms. The van der Waals surface area contributed by atoms with E-state index in [0.717, 1.165) is 24.4 Å². The van der Waals surface area contributed by atoms with Crippen LogP contribution in [0.3, 0.4) is 0 Å². The quantitative estimate of drug-likeness (QED) is 0.786. The van der Waals surface area contributed by atoms with Gasteiger partial charge >= 0.3 is 0 Å². The lowest BCUT2D eigenvalue weighted by Crippen LogP contribution is -2.27. The van der Waals surface area contributed by atoms with Crippen molar-refractivity contribution in [1.29, 1.82) is 0 Å². The van der Waals surface area contributed by atoms with Crippen LogP contribution in [0.4, 0.5) is 5.69 Å². The standard InChI is InChI=1S/C17H25NO2/c1-2-3-4-13-5-7-14(8-6-13)17(20)18-15-9-11-16(19)12-10-15/h9-14,19H,2-8H2,1H3,(H,18,20). The Morgan fingerprint density at radius 3 is 2.45 bits per heavy atom. The molecule has 0 bridgehead atoms. The van der Waals surface area contributed by atoms with Crippen LogP contribution in [0.5, 0.6) is 5.75 Å². The van der Waals surface area contributed by atoms with Gasteiger partial charge in [0.1, 0.15) is 5.75 Å². The maximum atomic E-state index is 12.2. The molecule has 0 aromatic heterocycles. The van der Waals surface area contributed by atoms with Gasteiger partial charge in [0.15, 0.2) is 0 Å². The van der Waals surface area contributed by atoms with Crippen molar-refractivity contribution in [1.82, 2.24) is 0 Å². The highest BCUT2D eigenvalue weighted by atomic mass is 16.3. The molecule has 0 atom stereocenters. The fraction of sp³-hybridized carbons (Fsp3) is 0.588. The summed E-state index contributed by atoms with van der Waals surface area (Å²) in [5.74, 6) is 1.33. The smallest absolute Gasteiger partial charge is 0.227 e. The number of benzene rings is 1. The third-order valence-corrected chi connectivity index (χ3v) is 4.32. The van der Waals surface area contributed by atoms with E-state index >= 15 is 0 Å². The maximum absolute atomic E-state index is 12.2. The highest BCUT2D eigenvalue weighted by molar-refractivity contribution is 5.92. The molecule has 1 aromatic carbocycles. The van der Waals surface area contributed by atoms with E-state index in [2.05, 4.69) is 12.2 Å². The number of unbranched alkanes of at least 4 members (excludes halogenated alkanes) is 1. The SMILES string of the molecule is CCCCC1CCC(C(=O)Nc2ccc(O)cc2)CC1. The molecule has 0 aliphatic heterocycles. The Balaban J connectivity index is 1.78. The molecule has 0 radical (unpaired) electrons. The summed E-state index contributed by atoms with van der Waals surface area (Å²) < 4.78 is 0. The van der Waals surface area contributed by atoms with E-state index in [-0.39, 0.29) is 17.6 Å². The van der Waals surface area contributed by atoms with Crippen LogP contribution in [0, 0.1) is 11.8 Å². The van der Waals surface area contributed by atoms with Gasteiger partial charge in [0, 0.05) is 11.6 Å². The number of phenolic OH excluding ortho intramolecular Hbond substituents is 1. The van der Waals surface area contributed by atoms with E-state index in [1.54, 1.807) is 24.3 Å². The van der Waals surface area contributed by atoms with E-state index < -0.39 is 0 Å². The van der Waals surface area contributed by atoms with Crippen molar-refractivity contribution >= 4 is 11.6 Å². The van der Waals surface area contributed by atoms with Gasteiger partial charge in [-0.05, 0) is 55.9 Å².